The minimum absolute atomic E-state index is 0.165. The first-order chi connectivity index (χ1) is 13.6. The van der Waals surface area contributed by atoms with Gasteiger partial charge in [0.25, 0.3) is 5.91 Å². The summed E-state index contributed by atoms with van der Waals surface area (Å²) >= 11 is 0. The van der Waals surface area contributed by atoms with E-state index in [1.165, 1.54) is 12.1 Å². The van der Waals surface area contributed by atoms with Crippen LogP contribution in [0.1, 0.15) is 16.2 Å². The molecule has 1 amide bonds. The second kappa shape index (κ2) is 7.82. The van der Waals surface area contributed by atoms with E-state index in [9.17, 15) is 9.18 Å². The zero-order chi connectivity index (χ0) is 19.5. The highest BCUT2D eigenvalue weighted by atomic mass is 19.1. The number of carbonyl (C=O) groups is 1. The monoisotopic (exact) mass is 381 g/mol. The third kappa shape index (κ3) is 3.75. The fourth-order valence-corrected chi connectivity index (χ4v) is 3.21. The molecule has 0 saturated heterocycles. The first-order valence-corrected chi connectivity index (χ1v) is 8.98. The number of nitrogens with zero attached hydrogens (tertiary/aromatic N) is 2. The molecule has 2 heterocycles. The van der Waals surface area contributed by atoms with E-state index in [0.717, 1.165) is 17.1 Å². The number of imidazole rings is 1. The molecule has 3 aromatic rings. The van der Waals surface area contributed by atoms with Gasteiger partial charge in [-0.05, 0) is 54.1 Å². The Morgan fingerprint density at radius 2 is 2.00 bits per heavy atom. The molecule has 144 valence electrons. The molecule has 0 bridgehead atoms. The quantitative estimate of drug-likeness (QED) is 0.738. The summed E-state index contributed by atoms with van der Waals surface area (Å²) in [5.74, 6) is 1.08. The average Bonchev–Trinajstić information content (AvgIpc) is 3.16. The van der Waals surface area contributed by atoms with Gasteiger partial charge in [-0.25, -0.2) is 9.37 Å². The van der Waals surface area contributed by atoms with Crippen LogP contribution in [0.2, 0.25) is 0 Å². The summed E-state index contributed by atoms with van der Waals surface area (Å²) < 4.78 is 26.2. The smallest absolute Gasteiger partial charge is 0.251 e. The number of aromatic nitrogens is 2. The molecule has 4 rings (SSSR count). The lowest BCUT2D eigenvalue weighted by atomic mass is 10.1. The Labute approximate surface area is 161 Å². The van der Waals surface area contributed by atoms with Crippen molar-refractivity contribution in [3.8, 4) is 17.0 Å². The number of nitrogens with one attached hydrogen (secondary N) is 1. The van der Waals surface area contributed by atoms with Crippen molar-refractivity contribution in [2.24, 2.45) is 0 Å². The summed E-state index contributed by atoms with van der Waals surface area (Å²) in [6.45, 7) is 1.31. The first-order valence-electron chi connectivity index (χ1n) is 8.98. The summed E-state index contributed by atoms with van der Waals surface area (Å²) in [7, 11) is 1.58. The highest BCUT2D eigenvalue weighted by molar-refractivity contribution is 5.94. The van der Waals surface area contributed by atoms with Gasteiger partial charge >= 0.3 is 0 Å². The Morgan fingerprint density at radius 1 is 1.25 bits per heavy atom. The van der Waals surface area contributed by atoms with Gasteiger partial charge in [0.1, 0.15) is 24.0 Å². The third-order valence-corrected chi connectivity index (χ3v) is 4.76. The molecule has 0 spiro atoms. The maximum atomic E-state index is 13.2. The van der Waals surface area contributed by atoms with E-state index in [-0.39, 0.29) is 17.8 Å². The van der Waals surface area contributed by atoms with Crippen LogP contribution >= 0.6 is 0 Å². The lowest BCUT2D eigenvalue weighted by Crippen LogP contribution is -2.39. The number of hydrogen-bond donors (Lipinski definition) is 1. The van der Waals surface area contributed by atoms with Crippen LogP contribution in [0.5, 0.6) is 5.75 Å². The van der Waals surface area contributed by atoms with Gasteiger partial charge in [0, 0.05) is 12.1 Å². The van der Waals surface area contributed by atoms with Crippen LogP contribution in [0.3, 0.4) is 0 Å². The van der Waals surface area contributed by atoms with Crippen molar-refractivity contribution in [2.75, 3.05) is 13.7 Å². The fourth-order valence-electron chi connectivity index (χ4n) is 3.21. The summed E-state index contributed by atoms with van der Waals surface area (Å²) in [5.41, 5.74) is 2.36. The summed E-state index contributed by atoms with van der Waals surface area (Å²) in [4.78, 5) is 16.7. The third-order valence-electron chi connectivity index (χ3n) is 4.76. The largest absolute Gasteiger partial charge is 0.497 e. The van der Waals surface area contributed by atoms with Crippen molar-refractivity contribution in [1.29, 1.82) is 0 Å². The normalized spacial score (nSPS) is 15.7. The van der Waals surface area contributed by atoms with Crippen LogP contribution in [-0.4, -0.2) is 35.2 Å². The summed E-state index contributed by atoms with van der Waals surface area (Å²) in [6.07, 6.45) is 1.59. The van der Waals surface area contributed by atoms with Crippen LogP contribution in [0.15, 0.2) is 54.7 Å². The van der Waals surface area contributed by atoms with Crippen molar-refractivity contribution >= 4 is 5.91 Å². The van der Waals surface area contributed by atoms with Crippen molar-refractivity contribution in [3.63, 3.8) is 0 Å². The van der Waals surface area contributed by atoms with Crippen molar-refractivity contribution < 1.29 is 18.7 Å². The number of halogens is 1. The second-order valence-electron chi connectivity index (χ2n) is 6.55. The minimum Gasteiger partial charge on any atom is -0.497 e. The molecule has 0 unspecified atom stereocenters. The predicted molar refractivity (Wildman–Crippen MR) is 102 cm³/mol. The molecule has 0 aliphatic carbocycles. The van der Waals surface area contributed by atoms with Crippen LogP contribution in [0.25, 0.3) is 11.3 Å². The molecule has 1 aliphatic heterocycles. The number of rotatable bonds is 5. The number of hydrogen-bond acceptors (Lipinski definition) is 4. The minimum atomic E-state index is -0.274. The molecular formula is C21H20FN3O3. The highest BCUT2D eigenvalue weighted by Crippen LogP contribution is 2.25. The molecule has 0 saturated carbocycles. The van der Waals surface area contributed by atoms with Crippen LogP contribution in [-0.2, 0) is 17.9 Å². The van der Waals surface area contributed by atoms with Gasteiger partial charge in [0.15, 0.2) is 0 Å². The molecule has 1 atom stereocenters. The standard InChI is InChI=1S/C21H20FN3O3/c1-27-17-8-4-15(5-9-17)21(26)24-10-18-12-25-19(11-23-20(25)13-28-18)14-2-6-16(22)7-3-14/h2-9,11,18H,10,12-13H2,1H3,(H,24,26)/t18-/m0/s1. The maximum Gasteiger partial charge on any atom is 0.251 e. The van der Waals surface area contributed by atoms with Crippen molar-refractivity contribution in [2.45, 2.75) is 19.3 Å². The van der Waals surface area contributed by atoms with Gasteiger partial charge in [0.2, 0.25) is 0 Å². The molecule has 7 heteroatoms. The molecule has 1 aliphatic rings. The van der Waals surface area contributed by atoms with E-state index in [2.05, 4.69) is 14.9 Å². The Bertz CT molecular complexity index is 968. The van der Waals surface area contributed by atoms with Crippen LogP contribution in [0.4, 0.5) is 4.39 Å². The fraction of sp³-hybridized carbons (Fsp3) is 0.238. The summed E-state index contributed by atoms with van der Waals surface area (Å²) in [6, 6.07) is 13.3. The number of methoxy groups -OCH3 is 1. The number of benzene rings is 2. The van der Waals surface area contributed by atoms with Crippen LogP contribution < -0.4 is 10.1 Å². The topological polar surface area (TPSA) is 65.4 Å². The van der Waals surface area contributed by atoms with Gasteiger partial charge < -0.3 is 19.4 Å². The lowest BCUT2D eigenvalue weighted by Gasteiger charge is -2.26. The molecule has 28 heavy (non-hydrogen) atoms. The Balaban J connectivity index is 1.41. The van der Waals surface area contributed by atoms with Crippen LogP contribution in [0, 0.1) is 5.82 Å². The van der Waals surface area contributed by atoms with E-state index in [1.807, 2.05) is 0 Å². The number of carbonyl (C=O) groups excluding carboxylic acids is 1. The molecular weight excluding hydrogens is 361 g/mol. The van der Waals surface area contributed by atoms with E-state index in [0.29, 0.717) is 31.0 Å². The average molecular weight is 381 g/mol. The van der Waals surface area contributed by atoms with E-state index in [1.54, 1.807) is 49.7 Å². The highest BCUT2D eigenvalue weighted by Gasteiger charge is 2.23. The predicted octanol–water partition coefficient (Wildman–Crippen LogP) is 3.03. The molecule has 0 radical (unpaired) electrons. The number of fused-ring (bicyclic) bond motifs is 1. The number of amides is 1. The molecule has 1 aromatic heterocycles. The summed E-state index contributed by atoms with van der Waals surface area (Å²) in [5, 5.41) is 2.91. The zero-order valence-electron chi connectivity index (χ0n) is 15.4. The van der Waals surface area contributed by atoms with Crippen molar-refractivity contribution in [1.82, 2.24) is 14.9 Å². The Kier molecular flexibility index (Phi) is 5.08. The Hall–Kier alpha value is -3.19. The van der Waals surface area contributed by atoms with E-state index in [4.69, 9.17) is 9.47 Å². The van der Waals surface area contributed by atoms with Gasteiger partial charge in [-0.15, -0.1) is 0 Å². The second-order valence-corrected chi connectivity index (χ2v) is 6.55. The van der Waals surface area contributed by atoms with E-state index < -0.39 is 0 Å². The molecule has 6 nitrogen and oxygen atoms in total. The SMILES string of the molecule is COc1ccc(C(=O)NC[C@H]2Cn3c(-c4ccc(F)cc4)cnc3CO2)cc1. The number of ether oxygens (including phenoxy) is 2. The molecule has 0 fully saturated rings. The van der Waals surface area contributed by atoms with E-state index >= 15 is 0 Å². The lowest BCUT2D eigenvalue weighted by molar-refractivity contribution is 0.00374. The van der Waals surface area contributed by atoms with Gasteiger partial charge in [-0.3, -0.25) is 4.79 Å². The maximum absolute atomic E-state index is 13.2. The Morgan fingerprint density at radius 3 is 2.71 bits per heavy atom. The van der Waals surface area contributed by atoms with Gasteiger partial charge in [-0.1, -0.05) is 0 Å². The van der Waals surface area contributed by atoms with Gasteiger partial charge in [0.05, 0.1) is 31.6 Å². The zero-order valence-corrected chi connectivity index (χ0v) is 15.4. The first kappa shape index (κ1) is 18.2. The van der Waals surface area contributed by atoms with Gasteiger partial charge in [-0.2, -0.15) is 0 Å². The molecule has 1 N–H and O–H groups in total. The molecule has 2 aromatic carbocycles. The van der Waals surface area contributed by atoms with Crippen molar-refractivity contribution in [3.05, 3.63) is 71.9 Å².